The molecule has 2 aliphatic carbocycles. The summed E-state index contributed by atoms with van der Waals surface area (Å²) in [6.45, 7) is 16.5. The van der Waals surface area contributed by atoms with Gasteiger partial charge in [0, 0.05) is 0 Å². The van der Waals surface area contributed by atoms with E-state index in [1.807, 2.05) is 0 Å². The molecule has 0 bridgehead atoms. The summed E-state index contributed by atoms with van der Waals surface area (Å²) in [4.78, 5) is 0. The van der Waals surface area contributed by atoms with E-state index in [1.165, 1.54) is 115 Å². The Labute approximate surface area is 301 Å². The standard InChI is InChI=1S/2C17H15.2C6H13.2CH3.Hf.H2Si/c2*1-12-6-3-7-13(2)17(12)16-11-5-9-14-8-4-10-15(14)16;2*1-3-5-6-4-2;;;;/h2*3-11H,1-2H3;2*1,3-6H2,2H3;2*1H3;;1H2. The molecule has 0 aromatic heterocycles. The third-order valence-electron chi connectivity index (χ3n) is 14.6. The average molecular weight is 848 g/mol. The van der Waals surface area contributed by atoms with Gasteiger partial charge >= 0.3 is 303 Å². The molecule has 0 saturated heterocycles. The van der Waals surface area contributed by atoms with Crippen LogP contribution in [0.4, 0.5) is 0 Å². The van der Waals surface area contributed by atoms with Crippen LogP contribution in [0.15, 0.2) is 84.9 Å². The molecular formula is C48H64HfSi. The summed E-state index contributed by atoms with van der Waals surface area (Å²) >= 11 is -5.20. The number of allylic oxidation sites excluding steroid dienone is 2. The van der Waals surface area contributed by atoms with Gasteiger partial charge in [-0.3, -0.25) is 0 Å². The van der Waals surface area contributed by atoms with Crippen LogP contribution < -0.4 is 0 Å². The molecule has 2 unspecified atom stereocenters. The van der Waals surface area contributed by atoms with Crippen LogP contribution >= 0.6 is 0 Å². The quantitative estimate of drug-likeness (QED) is 0.0876. The molecular weight excluding hydrogens is 783 g/mol. The Morgan fingerprint density at radius 1 is 0.500 bits per heavy atom. The molecule has 0 spiro atoms. The summed E-state index contributed by atoms with van der Waals surface area (Å²) in [5.74, 6) is 0. The van der Waals surface area contributed by atoms with Gasteiger partial charge in [0.1, 0.15) is 0 Å². The van der Waals surface area contributed by atoms with Crippen molar-refractivity contribution in [2.24, 2.45) is 0 Å². The Hall–Kier alpha value is -2.55. The second-order valence-electron chi connectivity index (χ2n) is 19.4. The first kappa shape index (κ1) is 37.2. The van der Waals surface area contributed by atoms with Crippen molar-refractivity contribution in [1.29, 1.82) is 0 Å². The summed E-state index contributed by atoms with van der Waals surface area (Å²) in [6, 6.07) is 28.2. The maximum absolute atomic E-state index is 5.20. The molecule has 0 saturated carbocycles. The van der Waals surface area contributed by atoms with Gasteiger partial charge in [-0.2, -0.15) is 0 Å². The minimum atomic E-state index is -5.20. The molecule has 0 fully saturated rings. The van der Waals surface area contributed by atoms with Crippen molar-refractivity contribution >= 4 is 19.1 Å². The Balaban J connectivity index is 1.64. The van der Waals surface area contributed by atoms with E-state index < -0.39 is 14.2 Å². The molecule has 0 radical (unpaired) electrons. The van der Waals surface area contributed by atoms with Crippen molar-refractivity contribution < 1.29 is 14.2 Å². The Kier molecular flexibility index (Phi) is 9.55. The van der Waals surface area contributed by atoms with Crippen molar-refractivity contribution in [2.75, 3.05) is 0 Å². The van der Waals surface area contributed by atoms with E-state index in [1.54, 1.807) is 11.1 Å². The van der Waals surface area contributed by atoms with E-state index in [9.17, 15) is 0 Å². The average Bonchev–Trinajstić information content (AvgIpc) is 3.74. The van der Waals surface area contributed by atoms with Crippen LogP contribution in [-0.2, 0) is 14.2 Å². The van der Waals surface area contributed by atoms with Gasteiger partial charge in [0.25, 0.3) is 0 Å². The molecule has 50 heavy (non-hydrogen) atoms. The van der Waals surface area contributed by atoms with Crippen LogP contribution in [0.5, 0.6) is 0 Å². The molecule has 2 heteroatoms. The number of fused-ring (bicyclic) bond motifs is 2. The van der Waals surface area contributed by atoms with E-state index in [-0.39, 0.29) is 0 Å². The van der Waals surface area contributed by atoms with Gasteiger partial charge in [-0.05, 0) is 0 Å². The molecule has 4 aromatic rings. The van der Waals surface area contributed by atoms with E-state index >= 15 is 0 Å². The number of hydrogen-bond acceptors (Lipinski definition) is 0. The first-order valence-corrected chi connectivity index (χ1v) is 44.8. The van der Waals surface area contributed by atoms with E-state index in [2.05, 4.69) is 155 Å². The number of unbranched alkanes of at least 4 members (excludes halogenated alkanes) is 6. The van der Waals surface area contributed by atoms with Crippen LogP contribution in [0.3, 0.4) is 0 Å². The SMILES string of the molecule is CCCCC[CH2][Hf]([CH3])([CH3])(=[SiH2])([CH2]CCCCC)([CH]1C=Cc2c(-c3c(C)cccc3C)cccc21)[CH]1C=Cc2c(-c3c(C)cccc3C)cccc21. The van der Waals surface area contributed by atoms with E-state index in [0.717, 1.165) is 0 Å². The zero-order chi connectivity index (χ0) is 35.8. The zero-order valence-electron chi connectivity index (χ0n) is 32.7. The Morgan fingerprint density at radius 2 is 0.860 bits per heavy atom. The third kappa shape index (κ3) is 5.89. The number of hydrogen-bond donors (Lipinski definition) is 0. The molecule has 4 aromatic carbocycles. The predicted molar refractivity (Wildman–Crippen MR) is 224 cm³/mol. The van der Waals surface area contributed by atoms with E-state index in [4.69, 9.17) is 0 Å². The zero-order valence-corrected chi connectivity index (χ0v) is 37.7. The summed E-state index contributed by atoms with van der Waals surface area (Å²) in [5.41, 5.74) is 17.4. The number of benzene rings is 4. The molecule has 2 atom stereocenters. The number of aryl methyl sites for hydroxylation is 4. The molecule has 0 aliphatic heterocycles. The van der Waals surface area contributed by atoms with Crippen molar-refractivity contribution in [3.05, 3.63) is 129 Å². The molecule has 0 heterocycles. The van der Waals surface area contributed by atoms with Gasteiger partial charge in [-0.25, -0.2) is 0 Å². The molecule has 6 rings (SSSR count). The van der Waals surface area contributed by atoms with Crippen molar-refractivity contribution in [3.8, 4) is 22.3 Å². The van der Waals surface area contributed by atoms with Crippen LogP contribution in [-0.4, -0.2) is 6.94 Å². The van der Waals surface area contributed by atoms with Gasteiger partial charge in [0.05, 0.1) is 0 Å². The molecule has 264 valence electrons. The molecule has 0 nitrogen and oxygen atoms in total. The number of rotatable bonds is 14. The monoisotopic (exact) mass is 848 g/mol. The van der Waals surface area contributed by atoms with Crippen LogP contribution in [0, 0.1) is 27.7 Å². The molecule has 2 aliphatic rings. The summed E-state index contributed by atoms with van der Waals surface area (Å²) < 4.78 is 9.63. The fraction of sp³-hybridized carbons (Fsp3) is 0.417. The van der Waals surface area contributed by atoms with Crippen LogP contribution in [0.1, 0.15) is 117 Å². The maximum atomic E-state index is 2.99. The fourth-order valence-electron chi connectivity index (χ4n) is 11.6. The van der Waals surface area contributed by atoms with Gasteiger partial charge in [0.2, 0.25) is 0 Å². The van der Waals surface area contributed by atoms with Gasteiger partial charge in [0.15, 0.2) is 0 Å². The third-order valence-corrected chi connectivity index (χ3v) is 71.2. The van der Waals surface area contributed by atoms with Crippen LogP contribution in [0.25, 0.3) is 34.4 Å². The summed E-state index contributed by atoms with van der Waals surface area (Å²) in [5, 5.41) is 0. The first-order chi connectivity index (χ1) is 23.7. The van der Waals surface area contributed by atoms with E-state index in [0.29, 0.717) is 7.35 Å². The summed E-state index contributed by atoms with van der Waals surface area (Å²) in [7, 11) is 0. The van der Waals surface area contributed by atoms with Crippen molar-refractivity contribution in [2.45, 2.75) is 118 Å². The molecule has 0 N–H and O–H groups in total. The van der Waals surface area contributed by atoms with Gasteiger partial charge in [-0.15, -0.1) is 0 Å². The normalized spacial score (nSPS) is 18.7. The van der Waals surface area contributed by atoms with Gasteiger partial charge < -0.3 is 0 Å². The fourth-order valence-corrected chi connectivity index (χ4v) is 61.2. The first-order valence-electron chi connectivity index (χ1n) is 20.0. The second kappa shape index (κ2) is 12.8. The van der Waals surface area contributed by atoms with Crippen molar-refractivity contribution in [3.63, 3.8) is 0 Å². The Morgan fingerprint density at radius 3 is 1.22 bits per heavy atom. The Bertz CT molecular complexity index is 1940. The van der Waals surface area contributed by atoms with Gasteiger partial charge in [-0.1, -0.05) is 0 Å². The van der Waals surface area contributed by atoms with Crippen LogP contribution in [0.2, 0.25) is 17.7 Å². The predicted octanol–water partition coefficient (Wildman–Crippen LogP) is 14.5. The summed E-state index contributed by atoms with van der Waals surface area (Å²) in [6.07, 6.45) is 21.2. The minimum absolute atomic E-state index is 0.449. The second-order valence-corrected chi connectivity index (χ2v) is 96.4. The van der Waals surface area contributed by atoms with Crippen molar-refractivity contribution in [1.82, 2.24) is 0 Å². The topological polar surface area (TPSA) is 0 Å². The molecule has 0 amide bonds.